The number of hydrogen-bond acceptors (Lipinski definition) is 5. The first-order chi connectivity index (χ1) is 9.69. The van der Waals surface area contributed by atoms with Gasteiger partial charge >= 0.3 is 0 Å². The molecule has 0 bridgehead atoms. The molecule has 1 amide bonds. The summed E-state index contributed by atoms with van der Waals surface area (Å²) in [6.45, 7) is 4.78. The zero-order chi connectivity index (χ0) is 14.4. The molecule has 104 valence electrons. The van der Waals surface area contributed by atoms with Crippen LogP contribution in [-0.4, -0.2) is 27.4 Å². The van der Waals surface area contributed by atoms with E-state index in [4.69, 9.17) is 0 Å². The zero-order valence-corrected chi connectivity index (χ0v) is 11.6. The van der Waals surface area contributed by atoms with Crippen molar-refractivity contribution in [3.8, 4) is 0 Å². The first-order valence-corrected chi connectivity index (χ1v) is 6.49. The average molecular weight is 271 g/mol. The SMILES string of the molecule is CCCNc1cncc(C(=O)Nc2ccc(C)cn2)n1. The average Bonchev–Trinajstić information content (AvgIpc) is 2.48. The lowest BCUT2D eigenvalue weighted by atomic mass is 10.3. The van der Waals surface area contributed by atoms with Crippen molar-refractivity contribution in [3.05, 3.63) is 42.0 Å². The molecule has 0 radical (unpaired) electrons. The number of nitrogens with one attached hydrogen (secondary N) is 2. The van der Waals surface area contributed by atoms with E-state index in [1.807, 2.05) is 13.0 Å². The van der Waals surface area contributed by atoms with Gasteiger partial charge in [-0.1, -0.05) is 13.0 Å². The Morgan fingerprint density at radius 1 is 1.20 bits per heavy atom. The predicted octanol–water partition coefficient (Wildman–Crippen LogP) is 2.25. The number of nitrogens with zero attached hydrogens (tertiary/aromatic N) is 3. The number of carbonyl (C=O) groups is 1. The summed E-state index contributed by atoms with van der Waals surface area (Å²) in [7, 11) is 0. The van der Waals surface area contributed by atoms with Gasteiger partial charge in [-0.25, -0.2) is 9.97 Å². The first-order valence-electron chi connectivity index (χ1n) is 6.49. The summed E-state index contributed by atoms with van der Waals surface area (Å²) >= 11 is 0. The fourth-order valence-corrected chi connectivity index (χ4v) is 1.54. The predicted molar refractivity (Wildman–Crippen MR) is 77.7 cm³/mol. The van der Waals surface area contributed by atoms with Gasteiger partial charge in [0.25, 0.3) is 5.91 Å². The van der Waals surface area contributed by atoms with E-state index in [1.54, 1.807) is 18.5 Å². The number of aryl methyl sites for hydroxylation is 1. The quantitative estimate of drug-likeness (QED) is 0.872. The highest BCUT2D eigenvalue weighted by molar-refractivity contribution is 6.02. The Bertz CT molecular complexity index is 582. The van der Waals surface area contributed by atoms with Crippen molar-refractivity contribution in [3.63, 3.8) is 0 Å². The van der Waals surface area contributed by atoms with Crippen LogP contribution in [0.1, 0.15) is 29.4 Å². The third kappa shape index (κ3) is 3.74. The van der Waals surface area contributed by atoms with Crippen LogP contribution in [0.4, 0.5) is 11.6 Å². The molecule has 6 heteroatoms. The number of amides is 1. The molecule has 0 aromatic carbocycles. The van der Waals surface area contributed by atoms with Crippen molar-refractivity contribution in [2.75, 3.05) is 17.2 Å². The van der Waals surface area contributed by atoms with Gasteiger partial charge in [0.15, 0.2) is 0 Å². The first kappa shape index (κ1) is 13.9. The van der Waals surface area contributed by atoms with Gasteiger partial charge in [0.2, 0.25) is 0 Å². The molecule has 2 N–H and O–H groups in total. The van der Waals surface area contributed by atoms with Gasteiger partial charge in [0.1, 0.15) is 17.3 Å². The highest BCUT2D eigenvalue weighted by atomic mass is 16.1. The van der Waals surface area contributed by atoms with E-state index in [0.717, 1.165) is 18.5 Å². The van der Waals surface area contributed by atoms with E-state index in [-0.39, 0.29) is 11.6 Å². The molecule has 0 aliphatic carbocycles. The summed E-state index contributed by atoms with van der Waals surface area (Å²) < 4.78 is 0. The second-order valence-corrected chi connectivity index (χ2v) is 4.39. The monoisotopic (exact) mass is 271 g/mol. The van der Waals surface area contributed by atoms with Gasteiger partial charge in [-0.3, -0.25) is 9.78 Å². The molecule has 0 fully saturated rings. The summed E-state index contributed by atoms with van der Waals surface area (Å²) in [5.41, 5.74) is 1.29. The molecule has 0 unspecified atom stereocenters. The number of pyridine rings is 1. The fourth-order valence-electron chi connectivity index (χ4n) is 1.54. The molecular weight excluding hydrogens is 254 g/mol. The van der Waals surface area contributed by atoms with Crippen molar-refractivity contribution in [1.29, 1.82) is 0 Å². The molecule has 2 heterocycles. The molecule has 0 saturated heterocycles. The normalized spacial score (nSPS) is 10.1. The number of anilines is 2. The van der Waals surface area contributed by atoms with Crippen LogP contribution < -0.4 is 10.6 Å². The summed E-state index contributed by atoms with van der Waals surface area (Å²) in [6, 6.07) is 3.63. The van der Waals surface area contributed by atoms with Crippen molar-refractivity contribution in [1.82, 2.24) is 15.0 Å². The van der Waals surface area contributed by atoms with E-state index >= 15 is 0 Å². The smallest absolute Gasteiger partial charge is 0.277 e. The van der Waals surface area contributed by atoms with Crippen LogP contribution in [0.5, 0.6) is 0 Å². The maximum absolute atomic E-state index is 12.0. The van der Waals surface area contributed by atoms with Gasteiger partial charge < -0.3 is 10.6 Å². The van der Waals surface area contributed by atoms with Gasteiger partial charge in [-0.05, 0) is 25.0 Å². The van der Waals surface area contributed by atoms with Crippen LogP contribution >= 0.6 is 0 Å². The molecule has 0 saturated carbocycles. The van der Waals surface area contributed by atoms with Gasteiger partial charge in [0.05, 0.1) is 12.4 Å². The molecule has 2 aromatic heterocycles. The molecule has 0 spiro atoms. The minimum absolute atomic E-state index is 0.258. The van der Waals surface area contributed by atoms with Crippen LogP contribution in [0.2, 0.25) is 0 Å². The van der Waals surface area contributed by atoms with E-state index in [1.165, 1.54) is 6.20 Å². The van der Waals surface area contributed by atoms with Crippen LogP contribution in [-0.2, 0) is 0 Å². The minimum Gasteiger partial charge on any atom is -0.369 e. The van der Waals surface area contributed by atoms with Gasteiger partial charge in [-0.2, -0.15) is 0 Å². The van der Waals surface area contributed by atoms with Crippen LogP contribution in [0.25, 0.3) is 0 Å². The molecule has 0 atom stereocenters. The molecule has 0 aliphatic rings. The molecular formula is C14H17N5O. The second kappa shape index (κ2) is 6.60. The summed E-state index contributed by atoms with van der Waals surface area (Å²) in [5, 5.41) is 5.78. The Balaban J connectivity index is 2.06. The third-order valence-corrected chi connectivity index (χ3v) is 2.58. The van der Waals surface area contributed by atoms with E-state index in [0.29, 0.717) is 11.6 Å². The molecule has 2 rings (SSSR count). The molecule has 6 nitrogen and oxygen atoms in total. The Morgan fingerprint density at radius 2 is 2.05 bits per heavy atom. The summed E-state index contributed by atoms with van der Waals surface area (Å²) in [4.78, 5) is 24.4. The highest BCUT2D eigenvalue weighted by Gasteiger charge is 2.09. The topological polar surface area (TPSA) is 79.8 Å². The number of aromatic nitrogens is 3. The van der Waals surface area contributed by atoms with Crippen LogP contribution in [0, 0.1) is 6.92 Å². The standard InChI is InChI=1S/C14H17N5O/c1-3-6-16-13-9-15-8-11(18-13)14(20)19-12-5-4-10(2)7-17-12/h4-5,7-9H,3,6H2,1-2H3,(H,16,18)(H,17,19,20). The number of hydrogen-bond donors (Lipinski definition) is 2. The Morgan fingerprint density at radius 3 is 2.75 bits per heavy atom. The Labute approximate surface area is 117 Å². The summed E-state index contributed by atoms with van der Waals surface area (Å²) in [5.74, 6) is 0.764. The van der Waals surface area contributed by atoms with Crippen LogP contribution in [0.15, 0.2) is 30.7 Å². The number of rotatable bonds is 5. The lowest BCUT2D eigenvalue weighted by molar-refractivity contribution is 0.102. The van der Waals surface area contributed by atoms with Crippen LogP contribution in [0.3, 0.4) is 0 Å². The summed E-state index contributed by atoms with van der Waals surface area (Å²) in [6.07, 6.45) is 5.70. The lowest BCUT2D eigenvalue weighted by Gasteiger charge is -2.06. The zero-order valence-electron chi connectivity index (χ0n) is 11.6. The Hall–Kier alpha value is -2.50. The van der Waals surface area contributed by atoms with Crippen molar-refractivity contribution < 1.29 is 4.79 Å². The van der Waals surface area contributed by atoms with Crippen molar-refractivity contribution in [2.24, 2.45) is 0 Å². The third-order valence-electron chi connectivity index (χ3n) is 2.58. The van der Waals surface area contributed by atoms with Gasteiger partial charge in [-0.15, -0.1) is 0 Å². The van der Waals surface area contributed by atoms with E-state index in [2.05, 4.69) is 32.5 Å². The largest absolute Gasteiger partial charge is 0.369 e. The fraction of sp³-hybridized carbons (Fsp3) is 0.286. The van der Waals surface area contributed by atoms with Crippen molar-refractivity contribution >= 4 is 17.5 Å². The molecule has 2 aromatic rings. The lowest BCUT2D eigenvalue weighted by Crippen LogP contribution is -2.16. The second-order valence-electron chi connectivity index (χ2n) is 4.39. The maximum atomic E-state index is 12.0. The highest BCUT2D eigenvalue weighted by Crippen LogP contribution is 2.07. The minimum atomic E-state index is -0.325. The van der Waals surface area contributed by atoms with E-state index in [9.17, 15) is 4.79 Å². The number of carbonyl (C=O) groups excluding carboxylic acids is 1. The molecule has 20 heavy (non-hydrogen) atoms. The van der Waals surface area contributed by atoms with E-state index < -0.39 is 0 Å². The maximum Gasteiger partial charge on any atom is 0.277 e. The molecule has 0 aliphatic heterocycles. The Kier molecular flexibility index (Phi) is 4.60. The van der Waals surface area contributed by atoms with Gasteiger partial charge in [0, 0.05) is 12.7 Å². The van der Waals surface area contributed by atoms with Crippen molar-refractivity contribution in [2.45, 2.75) is 20.3 Å².